The number of esters is 1. The van der Waals surface area contributed by atoms with Crippen molar-refractivity contribution in [3.8, 4) is 0 Å². The maximum absolute atomic E-state index is 12.0. The predicted octanol–water partition coefficient (Wildman–Crippen LogP) is 3.55. The highest BCUT2D eigenvalue weighted by Crippen LogP contribution is 2.33. The van der Waals surface area contributed by atoms with Crippen LogP contribution in [0, 0.1) is 0 Å². The molecular formula is C18H18N2O4S. The molecule has 0 radical (unpaired) electrons. The van der Waals surface area contributed by atoms with E-state index in [9.17, 15) is 9.59 Å². The quantitative estimate of drug-likeness (QED) is 0.276. The number of nitrogens with zero attached hydrogens (tertiary/aromatic N) is 2. The Balaban J connectivity index is 1.87. The van der Waals surface area contributed by atoms with Gasteiger partial charge in [-0.05, 0) is 19.1 Å². The molecule has 0 N–H and O–H groups in total. The Bertz CT molecular complexity index is 935. The number of aromatic nitrogens is 2. The molecule has 0 fully saturated rings. The van der Waals surface area contributed by atoms with Gasteiger partial charge in [-0.15, -0.1) is 0 Å². The third-order valence-corrected chi connectivity index (χ3v) is 4.58. The molecule has 0 aliphatic carbocycles. The molecule has 0 spiro atoms. The molecule has 0 atom stereocenters. The molecule has 0 saturated heterocycles. The van der Waals surface area contributed by atoms with E-state index < -0.39 is 5.97 Å². The maximum Gasteiger partial charge on any atom is 0.313 e. The fraction of sp³-hybridized carbons (Fsp3) is 0.333. The van der Waals surface area contributed by atoms with Gasteiger partial charge in [-0.3, -0.25) is 9.59 Å². The molecule has 7 heteroatoms. The van der Waals surface area contributed by atoms with Crippen LogP contribution in [0.15, 0.2) is 33.7 Å². The van der Waals surface area contributed by atoms with Crippen molar-refractivity contribution in [1.82, 2.24) is 9.97 Å². The molecule has 2 heterocycles. The van der Waals surface area contributed by atoms with Gasteiger partial charge in [0.25, 0.3) is 0 Å². The molecule has 130 valence electrons. The van der Waals surface area contributed by atoms with Crippen molar-refractivity contribution in [1.29, 1.82) is 0 Å². The summed E-state index contributed by atoms with van der Waals surface area (Å²) < 4.78 is 10.7. The number of hydrogen-bond acceptors (Lipinski definition) is 7. The van der Waals surface area contributed by atoms with Crippen LogP contribution in [0.1, 0.15) is 26.1 Å². The van der Waals surface area contributed by atoms with Crippen molar-refractivity contribution < 1.29 is 18.7 Å². The molecule has 2 aromatic heterocycles. The zero-order valence-corrected chi connectivity index (χ0v) is 14.9. The summed E-state index contributed by atoms with van der Waals surface area (Å²) in [4.78, 5) is 32.4. The third-order valence-electron chi connectivity index (χ3n) is 3.57. The molecule has 0 amide bonds. The van der Waals surface area contributed by atoms with Gasteiger partial charge in [-0.2, -0.15) is 0 Å². The smallest absolute Gasteiger partial charge is 0.313 e. The van der Waals surface area contributed by atoms with Crippen LogP contribution >= 0.6 is 11.8 Å². The summed E-state index contributed by atoms with van der Waals surface area (Å²) in [6.07, 6.45) is 0.454. The van der Waals surface area contributed by atoms with Crippen LogP contribution in [0.2, 0.25) is 0 Å². The highest BCUT2D eigenvalue weighted by atomic mass is 32.2. The van der Waals surface area contributed by atoms with Crippen molar-refractivity contribution in [3.05, 3.63) is 30.1 Å². The normalized spacial score (nSPS) is 11.1. The average molecular weight is 358 g/mol. The molecule has 6 nitrogen and oxygen atoms in total. The zero-order chi connectivity index (χ0) is 17.8. The number of carbonyl (C=O) groups is 2. The first-order chi connectivity index (χ1) is 12.1. The molecule has 0 aliphatic heterocycles. The number of rotatable bonds is 7. The number of hydrogen-bond donors (Lipinski definition) is 0. The fourth-order valence-electron chi connectivity index (χ4n) is 2.44. The second-order valence-electron chi connectivity index (χ2n) is 5.38. The summed E-state index contributed by atoms with van der Waals surface area (Å²) in [5.41, 5.74) is 2.06. The van der Waals surface area contributed by atoms with Gasteiger partial charge in [0.05, 0.1) is 12.4 Å². The maximum atomic E-state index is 12.0. The summed E-state index contributed by atoms with van der Waals surface area (Å²) >= 11 is 1.26. The standard InChI is InChI=1S/C18H18N2O4S/c1-3-14-19-16-12-7-5-6-8-13(12)24-17(16)18(20-14)25-10-11(21)9-15(22)23-4-2/h5-8H,3-4,9-10H2,1-2H3. The SMILES string of the molecule is CCOC(=O)CC(=O)CSc1nc(CC)nc2c1oc1ccccc12. The van der Waals surface area contributed by atoms with Gasteiger partial charge in [-0.25, -0.2) is 9.97 Å². The van der Waals surface area contributed by atoms with Gasteiger partial charge in [0.15, 0.2) is 11.4 Å². The van der Waals surface area contributed by atoms with E-state index in [1.165, 1.54) is 11.8 Å². The fourth-order valence-corrected chi connectivity index (χ4v) is 3.28. The summed E-state index contributed by atoms with van der Waals surface area (Å²) in [5.74, 6) is 0.119. The van der Waals surface area contributed by atoms with Crippen LogP contribution in [-0.2, 0) is 20.7 Å². The molecule has 3 aromatic rings. The number of Topliss-reactive ketones (excluding diaryl/α,β-unsaturated/α-hetero) is 1. The molecule has 0 aliphatic rings. The minimum atomic E-state index is -0.501. The Morgan fingerprint density at radius 2 is 2.00 bits per heavy atom. The average Bonchev–Trinajstić information content (AvgIpc) is 2.98. The number of thioether (sulfide) groups is 1. The van der Waals surface area contributed by atoms with E-state index in [2.05, 4.69) is 9.97 Å². The van der Waals surface area contributed by atoms with Crippen molar-refractivity contribution in [2.75, 3.05) is 12.4 Å². The largest absolute Gasteiger partial charge is 0.466 e. The Labute approximate surface area is 149 Å². The first-order valence-electron chi connectivity index (χ1n) is 8.10. The number of fused-ring (bicyclic) bond motifs is 3. The van der Waals surface area contributed by atoms with Crippen LogP contribution in [0.3, 0.4) is 0 Å². The number of aryl methyl sites for hydroxylation is 1. The van der Waals surface area contributed by atoms with E-state index in [0.717, 1.165) is 16.5 Å². The van der Waals surface area contributed by atoms with Gasteiger partial charge in [0.2, 0.25) is 0 Å². The lowest BCUT2D eigenvalue weighted by Gasteiger charge is -2.04. The second-order valence-corrected chi connectivity index (χ2v) is 6.35. The Hall–Kier alpha value is -2.41. The highest BCUT2D eigenvalue weighted by Gasteiger charge is 2.17. The Kier molecular flexibility index (Phi) is 5.33. The molecule has 25 heavy (non-hydrogen) atoms. The minimum Gasteiger partial charge on any atom is -0.466 e. The molecule has 0 bridgehead atoms. The minimum absolute atomic E-state index is 0.130. The molecule has 1 aromatic carbocycles. The molecule has 3 rings (SSSR count). The number of ketones is 1. The van der Waals surface area contributed by atoms with E-state index >= 15 is 0 Å². The molecule has 0 unspecified atom stereocenters. The Morgan fingerprint density at radius 3 is 2.76 bits per heavy atom. The summed E-state index contributed by atoms with van der Waals surface area (Å²) in [6, 6.07) is 7.66. The van der Waals surface area contributed by atoms with E-state index in [0.29, 0.717) is 22.9 Å². The van der Waals surface area contributed by atoms with Gasteiger partial charge >= 0.3 is 5.97 Å². The van der Waals surface area contributed by atoms with Crippen LogP contribution in [0.25, 0.3) is 22.1 Å². The van der Waals surface area contributed by atoms with Gasteiger partial charge in [-0.1, -0.05) is 30.8 Å². The van der Waals surface area contributed by atoms with Crippen molar-refractivity contribution >= 4 is 45.6 Å². The van der Waals surface area contributed by atoms with Crippen molar-refractivity contribution in [3.63, 3.8) is 0 Å². The third kappa shape index (κ3) is 3.82. The lowest BCUT2D eigenvalue weighted by Crippen LogP contribution is -2.12. The van der Waals surface area contributed by atoms with Crippen LogP contribution in [0.4, 0.5) is 0 Å². The van der Waals surface area contributed by atoms with E-state index in [1.54, 1.807) is 6.92 Å². The summed E-state index contributed by atoms with van der Waals surface area (Å²) in [5, 5.41) is 1.55. The van der Waals surface area contributed by atoms with Crippen LogP contribution < -0.4 is 0 Å². The highest BCUT2D eigenvalue weighted by molar-refractivity contribution is 8.00. The van der Waals surface area contributed by atoms with Gasteiger partial charge in [0, 0.05) is 11.8 Å². The summed E-state index contributed by atoms with van der Waals surface area (Å²) in [6.45, 7) is 3.96. The zero-order valence-electron chi connectivity index (χ0n) is 14.1. The topological polar surface area (TPSA) is 82.3 Å². The lowest BCUT2D eigenvalue weighted by molar-refractivity contribution is -0.145. The summed E-state index contributed by atoms with van der Waals surface area (Å²) in [7, 11) is 0. The van der Waals surface area contributed by atoms with Crippen LogP contribution in [0.5, 0.6) is 0 Å². The lowest BCUT2D eigenvalue weighted by atomic mass is 10.2. The second kappa shape index (κ2) is 7.65. The first-order valence-corrected chi connectivity index (χ1v) is 9.09. The number of ether oxygens (including phenoxy) is 1. The number of para-hydroxylation sites is 1. The number of carbonyl (C=O) groups excluding carboxylic acids is 2. The van der Waals surface area contributed by atoms with Gasteiger partial charge < -0.3 is 9.15 Å². The monoisotopic (exact) mass is 358 g/mol. The molecular weight excluding hydrogens is 340 g/mol. The van der Waals surface area contributed by atoms with E-state index in [4.69, 9.17) is 9.15 Å². The number of furan rings is 1. The van der Waals surface area contributed by atoms with E-state index in [-0.39, 0.29) is 24.6 Å². The Morgan fingerprint density at radius 1 is 1.20 bits per heavy atom. The van der Waals surface area contributed by atoms with Gasteiger partial charge in [0.1, 0.15) is 28.4 Å². The van der Waals surface area contributed by atoms with E-state index in [1.807, 2.05) is 31.2 Å². The molecule has 0 saturated carbocycles. The van der Waals surface area contributed by atoms with Crippen molar-refractivity contribution in [2.24, 2.45) is 0 Å². The predicted molar refractivity (Wildman–Crippen MR) is 95.7 cm³/mol. The first kappa shape index (κ1) is 17.4. The van der Waals surface area contributed by atoms with Crippen molar-refractivity contribution in [2.45, 2.75) is 31.7 Å². The van der Waals surface area contributed by atoms with Crippen LogP contribution in [-0.4, -0.2) is 34.1 Å². The number of benzene rings is 1.